The first-order chi connectivity index (χ1) is 13.5. The summed E-state index contributed by atoms with van der Waals surface area (Å²) in [6.45, 7) is 4.35. The fraction of sp³-hybridized carbons (Fsp3) is 0.238. The number of para-hydroxylation sites is 2. The number of allylic oxidation sites excluding steroid dienone is 1. The first-order valence-corrected chi connectivity index (χ1v) is 9.36. The molecule has 0 unspecified atom stereocenters. The molecule has 0 saturated carbocycles. The predicted molar refractivity (Wildman–Crippen MR) is 112 cm³/mol. The van der Waals surface area contributed by atoms with Crippen LogP contribution in [0.2, 0.25) is 0 Å². The Morgan fingerprint density at radius 2 is 1.93 bits per heavy atom. The molecule has 0 aliphatic carbocycles. The summed E-state index contributed by atoms with van der Waals surface area (Å²) in [6.07, 6.45) is 0. The van der Waals surface area contributed by atoms with Crippen LogP contribution in [0.4, 0.5) is 10.1 Å². The van der Waals surface area contributed by atoms with Gasteiger partial charge in [-0.1, -0.05) is 30.3 Å². The average molecular weight is 399 g/mol. The van der Waals surface area contributed by atoms with Crippen LogP contribution >= 0.6 is 12.2 Å². The Kier molecular flexibility index (Phi) is 5.94. The van der Waals surface area contributed by atoms with Crippen LogP contribution in [-0.2, 0) is 4.79 Å². The average Bonchev–Trinajstić information content (AvgIpc) is 2.68. The van der Waals surface area contributed by atoms with Crippen molar-refractivity contribution in [1.29, 1.82) is 0 Å². The molecule has 7 heteroatoms. The number of carbonyl (C=O) groups is 1. The van der Waals surface area contributed by atoms with Crippen molar-refractivity contribution in [2.75, 3.05) is 19.0 Å². The minimum atomic E-state index is -0.689. The molecule has 5 nitrogen and oxygen atoms in total. The SMILES string of the molecule is CCN1C(=S)N[C@H](c2ccccc2F)C(C(=O)Nc2ccccc2OC)=C1C. The van der Waals surface area contributed by atoms with Gasteiger partial charge in [0.1, 0.15) is 11.6 Å². The second-order valence-corrected chi connectivity index (χ2v) is 6.69. The number of nitrogens with one attached hydrogen (secondary N) is 2. The van der Waals surface area contributed by atoms with Gasteiger partial charge in [-0.15, -0.1) is 0 Å². The number of amides is 1. The number of anilines is 1. The lowest BCUT2D eigenvalue weighted by atomic mass is 9.93. The maximum atomic E-state index is 14.5. The van der Waals surface area contributed by atoms with Crippen LogP contribution in [0.3, 0.4) is 0 Å². The summed E-state index contributed by atoms with van der Waals surface area (Å²) < 4.78 is 19.8. The van der Waals surface area contributed by atoms with Crippen molar-refractivity contribution in [3.63, 3.8) is 0 Å². The van der Waals surface area contributed by atoms with E-state index in [1.54, 1.807) is 36.4 Å². The lowest BCUT2D eigenvalue weighted by Gasteiger charge is -2.37. The third-order valence-corrected chi connectivity index (χ3v) is 5.07. The molecule has 146 valence electrons. The van der Waals surface area contributed by atoms with Crippen molar-refractivity contribution in [3.05, 3.63) is 71.2 Å². The quantitative estimate of drug-likeness (QED) is 0.745. The molecule has 0 saturated heterocycles. The molecule has 0 bridgehead atoms. The Morgan fingerprint density at radius 3 is 2.61 bits per heavy atom. The van der Waals surface area contributed by atoms with E-state index in [9.17, 15) is 9.18 Å². The van der Waals surface area contributed by atoms with Crippen LogP contribution in [0.15, 0.2) is 59.8 Å². The zero-order valence-electron chi connectivity index (χ0n) is 16.0. The van der Waals surface area contributed by atoms with Crippen LogP contribution in [0.5, 0.6) is 5.75 Å². The third kappa shape index (κ3) is 3.71. The maximum absolute atomic E-state index is 14.5. The number of ether oxygens (including phenoxy) is 1. The van der Waals surface area contributed by atoms with E-state index in [0.717, 1.165) is 0 Å². The Morgan fingerprint density at radius 1 is 1.25 bits per heavy atom. The van der Waals surface area contributed by atoms with Crippen LogP contribution in [0, 0.1) is 5.82 Å². The normalized spacial score (nSPS) is 16.6. The van der Waals surface area contributed by atoms with Gasteiger partial charge in [0.25, 0.3) is 5.91 Å². The molecular weight excluding hydrogens is 377 g/mol. The van der Waals surface area contributed by atoms with Crippen molar-refractivity contribution in [1.82, 2.24) is 10.2 Å². The minimum Gasteiger partial charge on any atom is -0.495 e. The number of halogens is 1. The molecule has 1 aliphatic heterocycles. The Hall–Kier alpha value is -2.93. The lowest BCUT2D eigenvalue weighted by Crippen LogP contribution is -2.48. The highest BCUT2D eigenvalue weighted by molar-refractivity contribution is 7.80. The van der Waals surface area contributed by atoms with E-state index < -0.39 is 11.9 Å². The minimum absolute atomic E-state index is 0.344. The Balaban J connectivity index is 2.06. The number of hydrogen-bond acceptors (Lipinski definition) is 3. The Labute approximate surface area is 169 Å². The number of carbonyl (C=O) groups excluding carboxylic acids is 1. The highest BCUT2D eigenvalue weighted by Gasteiger charge is 2.34. The molecule has 3 rings (SSSR count). The van der Waals surface area contributed by atoms with E-state index >= 15 is 0 Å². The van der Waals surface area contributed by atoms with E-state index in [1.807, 2.05) is 24.8 Å². The van der Waals surface area contributed by atoms with Gasteiger partial charge in [-0.2, -0.15) is 0 Å². The summed E-state index contributed by atoms with van der Waals surface area (Å²) in [5.74, 6) is -0.199. The number of thiocarbonyl (C=S) groups is 1. The first-order valence-electron chi connectivity index (χ1n) is 8.95. The van der Waals surface area contributed by atoms with E-state index in [2.05, 4.69) is 10.6 Å². The van der Waals surface area contributed by atoms with Gasteiger partial charge in [0.2, 0.25) is 0 Å². The molecule has 2 N–H and O–H groups in total. The van der Waals surface area contributed by atoms with Gasteiger partial charge < -0.3 is 20.3 Å². The molecule has 0 aromatic heterocycles. The highest BCUT2D eigenvalue weighted by atomic mass is 32.1. The van der Waals surface area contributed by atoms with E-state index in [0.29, 0.717) is 39.9 Å². The van der Waals surface area contributed by atoms with E-state index in [4.69, 9.17) is 17.0 Å². The van der Waals surface area contributed by atoms with Crippen LogP contribution in [-0.4, -0.2) is 29.6 Å². The molecule has 0 spiro atoms. The summed E-state index contributed by atoms with van der Waals surface area (Å²) in [5.41, 5.74) is 2.00. The molecule has 0 fully saturated rings. The highest BCUT2D eigenvalue weighted by Crippen LogP contribution is 2.33. The van der Waals surface area contributed by atoms with Crippen LogP contribution in [0.25, 0.3) is 0 Å². The summed E-state index contributed by atoms with van der Waals surface area (Å²) in [4.78, 5) is 15.1. The fourth-order valence-electron chi connectivity index (χ4n) is 3.34. The first kappa shape index (κ1) is 19.8. The van der Waals surface area contributed by atoms with E-state index in [1.165, 1.54) is 13.2 Å². The third-order valence-electron chi connectivity index (χ3n) is 4.73. The number of benzene rings is 2. The number of nitrogens with zero attached hydrogens (tertiary/aromatic N) is 1. The summed E-state index contributed by atoms with van der Waals surface area (Å²) in [7, 11) is 1.54. The van der Waals surface area contributed by atoms with Crippen molar-refractivity contribution in [2.24, 2.45) is 0 Å². The van der Waals surface area contributed by atoms with Gasteiger partial charge in [0.05, 0.1) is 24.4 Å². The van der Waals surface area contributed by atoms with Crippen LogP contribution < -0.4 is 15.4 Å². The monoisotopic (exact) mass is 399 g/mol. The lowest BCUT2D eigenvalue weighted by molar-refractivity contribution is -0.113. The van der Waals surface area contributed by atoms with Crippen molar-refractivity contribution < 1.29 is 13.9 Å². The summed E-state index contributed by atoms with van der Waals surface area (Å²) in [5, 5.41) is 6.46. The van der Waals surface area contributed by atoms with Crippen molar-refractivity contribution in [3.8, 4) is 5.75 Å². The second kappa shape index (κ2) is 8.39. The summed E-state index contributed by atoms with van der Waals surface area (Å²) in [6, 6.07) is 12.8. The molecule has 1 amide bonds. The number of methoxy groups -OCH3 is 1. The maximum Gasteiger partial charge on any atom is 0.255 e. The topological polar surface area (TPSA) is 53.6 Å². The van der Waals surface area contributed by atoms with Crippen LogP contribution in [0.1, 0.15) is 25.5 Å². The Bertz CT molecular complexity index is 945. The van der Waals surface area contributed by atoms with Crippen molar-refractivity contribution in [2.45, 2.75) is 19.9 Å². The van der Waals surface area contributed by atoms with Crippen molar-refractivity contribution >= 4 is 28.9 Å². The largest absolute Gasteiger partial charge is 0.495 e. The molecular formula is C21H22FN3O2S. The van der Waals surface area contributed by atoms with Gasteiger partial charge in [-0.25, -0.2) is 4.39 Å². The smallest absolute Gasteiger partial charge is 0.255 e. The molecule has 0 radical (unpaired) electrons. The molecule has 1 atom stereocenters. The fourth-order valence-corrected chi connectivity index (χ4v) is 3.72. The molecule has 2 aromatic carbocycles. The van der Waals surface area contributed by atoms with Gasteiger partial charge in [-0.3, -0.25) is 4.79 Å². The van der Waals surface area contributed by atoms with E-state index in [-0.39, 0.29) is 5.91 Å². The predicted octanol–water partition coefficient (Wildman–Crippen LogP) is 4.00. The number of hydrogen-bond donors (Lipinski definition) is 2. The van der Waals surface area contributed by atoms with Gasteiger partial charge >= 0.3 is 0 Å². The molecule has 2 aromatic rings. The molecule has 1 aliphatic rings. The number of rotatable bonds is 5. The standard InChI is InChI=1S/C21H22FN3O2S/c1-4-25-13(2)18(20(26)23-16-11-7-8-12-17(16)27-3)19(24-21(25)28)14-9-5-6-10-15(14)22/h5-12,19H,4H2,1-3H3,(H,23,26)(H,24,28)/t19-/m1/s1. The van der Waals surface area contributed by atoms with Gasteiger partial charge in [0.15, 0.2) is 5.11 Å². The molecule has 28 heavy (non-hydrogen) atoms. The van der Waals surface area contributed by atoms with Gasteiger partial charge in [-0.05, 0) is 44.3 Å². The summed E-state index contributed by atoms with van der Waals surface area (Å²) >= 11 is 5.44. The second-order valence-electron chi connectivity index (χ2n) is 6.30. The zero-order valence-corrected chi connectivity index (χ0v) is 16.8. The molecule has 1 heterocycles. The van der Waals surface area contributed by atoms with Gasteiger partial charge in [0, 0.05) is 17.8 Å². The zero-order chi connectivity index (χ0) is 20.3.